The van der Waals surface area contributed by atoms with Gasteiger partial charge in [-0.2, -0.15) is 0 Å². The van der Waals surface area contributed by atoms with Crippen LogP contribution < -0.4 is 0 Å². The molecule has 0 unspecified atom stereocenters. The maximum atomic E-state index is 3.02. The van der Waals surface area contributed by atoms with Crippen molar-refractivity contribution in [2.75, 3.05) is 0 Å². The summed E-state index contributed by atoms with van der Waals surface area (Å²) in [6.07, 6.45) is 12.2. The molecule has 0 aromatic heterocycles. The van der Waals surface area contributed by atoms with E-state index in [0.29, 0.717) is 0 Å². The molecule has 2 aliphatic carbocycles. The van der Waals surface area contributed by atoms with Crippen molar-refractivity contribution >= 4 is 0 Å². The number of hydrogen-bond acceptors (Lipinski definition) is 0. The topological polar surface area (TPSA) is 0 Å². The van der Waals surface area contributed by atoms with E-state index >= 15 is 0 Å². The lowest BCUT2D eigenvalue weighted by Crippen LogP contribution is -1.78. The van der Waals surface area contributed by atoms with Gasteiger partial charge in [0.05, 0.1) is 0 Å². The van der Waals surface area contributed by atoms with E-state index in [9.17, 15) is 0 Å². The van der Waals surface area contributed by atoms with Crippen molar-refractivity contribution in [2.45, 2.75) is 0 Å². The summed E-state index contributed by atoms with van der Waals surface area (Å²) in [4.78, 5) is 0. The fourth-order valence-electron chi connectivity index (χ4n) is 1.01. The summed E-state index contributed by atoms with van der Waals surface area (Å²) < 4.78 is 0. The van der Waals surface area contributed by atoms with Crippen LogP contribution >= 0.6 is 0 Å². The van der Waals surface area contributed by atoms with Gasteiger partial charge in [-0.3, -0.25) is 0 Å². The molecule has 0 fully saturated rings. The molecule has 0 atom stereocenters. The highest BCUT2D eigenvalue weighted by molar-refractivity contribution is 5.56. The molecule has 0 radical (unpaired) electrons. The molecule has 2 rings (SSSR count). The van der Waals surface area contributed by atoms with Gasteiger partial charge in [-0.05, 0) is 29.4 Å². The van der Waals surface area contributed by atoms with E-state index in [-0.39, 0.29) is 0 Å². The molecule has 0 N–H and O–H groups in total. The molecule has 0 bridgehead atoms. The highest BCUT2D eigenvalue weighted by Gasteiger charge is 2.02. The average Bonchev–Trinajstić information content (AvgIpc) is 2.33. The first-order valence-electron chi connectivity index (χ1n) is 2.98. The van der Waals surface area contributed by atoms with Crippen molar-refractivity contribution < 1.29 is 0 Å². The van der Waals surface area contributed by atoms with Gasteiger partial charge in [0, 0.05) is 0 Å². The Morgan fingerprint density at radius 2 is 2.11 bits per heavy atom. The van der Waals surface area contributed by atoms with Gasteiger partial charge in [-0.25, -0.2) is 0 Å². The summed E-state index contributed by atoms with van der Waals surface area (Å²) >= 11 is 0. The van der Waals surface area contributed by atoms with Crippen molar-refractivity contribution in [3.05, 3.63) is 53.3 Å². The van der Waals surface area contributed by atoms with Crippen molar-refractivity contribution in [1.29, 1.82) is 0 Å². The van der Waals surface area contributed by atoms with Gasteiger partial charge in [-0.15, -0.1) is 5.73 Å². The monoisotopic (exact) mass is 114 g/mol. The van der Waals surface area contributed by atoms with Crippen LogP contribution in [0.5, 0.6) is 0 Å². The van der Waals surface area contributed by atoms with E-state index in [1.807, 2.05) is 12.2 Å². The summed E-state index contributed by atoms with van der Waals surface area (Å²) in [5.41, 5.74) is 5.60. The summed E-state index contributed by atoms with van der Waals surface area (Å²) in [7, 11) is 0. The van der Waals surface area contributed by atoms with Crippen LogP contribution in [0.2, 0.25) is 0 Å². The Morgan fingerprint density at radius 1 is 1.11 bits per heavy atom. The molecule has 0 aliphatic heterocycles. The molecular weight excluding hydrogens is 108 g/mol. The third-order valence-corrected chi connectivity index (χ3v) is 1.48. The van der Waals surface area contributed by atoms with Crippen LogP contribution in [0.15, 0.2) is 53.3 Å². The quantitative estimate of drug-likeness (QED) is 0.423. The van der Waals surface area contributed by atoms with Crippen molar-refractivity contribution in [3.8, 4) is 0 Å². The van der Waals surface area contributed by atoms with Crippen LogP contribution in [0.4, 0.5) is 0 Å². The molecule has 0 amide bonds. The van der Waals surface area contributed by atoms with E-state index in [2.05, 4.69) is 30.0 Å². The molecule has 0 heteroatoms. The first kappa shape index (κ1) is 4.60. The molecule has 0 nitrogen and oxygen atoms in total. The predicted octanol–water partition coefficient (Wildman–Crippen LogP) is 2.13. The predicted molar refractivity (Wildman–Crippen MR) is 38.0 cm³/mol. The molecule has 0 aromatic carbocycles. The largest absolute Gasteiger partial charge is 0.120 e. The van der Waals surface area contributed by atoms with E-state index in [1.54, 1.807) is 0 Å². The molecule has 0 saturated carbocycles. The first-order chi connectivity index (χ1) is 4.47. The lowest BCUT2D eigenvalue weighted by Gasteiger charge is -1.96. The molecule has 2 aliphatic rings. The molecule has 0 saturated heterocycles. The highest BCUT2D eigenvalue weighted by Crippen LogP contribution is 2.20. The van der Waals surface area contributed by atoms with Gasteiger partial charge in [0.1, 0.15) is 0 Å². The minimum atomic E-state index is 1.28. The lowest BCUT2D eigenvalue weighted by atomic mass is 10.1. The fraction of sp³-hybridized carbons (Fsp3) is 0. The second kappa shape index (κ2) is 1.61. The third kappa shape index (κ3) is 0.611. The molecule has 9 heavy (non-hydrogen) atoms. The zero-order valence-corrected chi connectivity index (χ0v) is 4.96. The number of rotatable bonds is 0. The van der Waals surface area contributed by atoms with Crippen LogP contribution in [0.1, 0.15) is 0 Å². The number of fused-ring (bicyclic) bond motifs is 1. The Bertz CT molecular complexity index is 279. The van der Waals surface area contributed by atoms with Crippen molar-refractivity contribution in [3.63, 3.8) is 0 Å². The standard InChI is InChI=1S/C9H6/c1-2-5-9-7-3-6-8(9)4-1/h1,3-7H. The highest BCUT2D eigenvalue weighted by atomic mass is 14.1. The van der Waals surface area contributed by atoms with Crippen molar-refractivity contribution in [1.82, 2.24) is 0 Å². The molecule has 0 spiro atoms. The summed E-state index contributed by atoms with van der Waals surface area (Å²) in [6, 6.07) is 0. The van der Waals surface area contributed by atoms with Crippen LogP contribution in [0.3, 0.4) is 0 Å². The first-order valence-corrected chi connectivity index (χ1v) is 2.98. The SMILES string of the molecule is C1=CC=C2C=CC=C2C=1. The fourth-order valence-corrected chi connectivity index (χ4v) is 1.01. The third-order valence-electron chi connectivity index (χ3n) is 1.48. The van der Waals surface area contributed by atoms with Gasteiger partial charge in [-0.1, -0.05) is 18.2 Å². The maximum absolute atomic E-state index is 3.02. The second-order valence-electron chi connectivity index (χ2n) is 2.08. The van der Waals surface area contributed by atoms with Crippen LogP contribution in [-0.2, 0) is 0 Å². The smallest absolute Gasteiger partial charge is 0.0107 e. The minimum Gasteiger partial charge on any atom is -0.120 e. The molecule has 42 valence electrons. The van der Waals surface area contributed by atoms with E-state index in [4.69, 9.17) is 0 Å². The summed E-state index contributed by atoms with van der Waals surface area (Å²) in [5.74, 6) is 0. The van der Waals surface area contributed by atoms with Gasteiger partial charge in [0.15, 0.2) is 0 Å². The van der Waals surface area contributed by atoms with Gasteiger partial charge >= 0.3 is 0 Å². The molecular formula is C9H6. The zero-order chi connectivity index (χ0) is 6.10. The van der Waals surface area contributed by atoms with Gasteiger partial charge < -0.3 is 0 Å². The Kier molecular flexibility index (Phi) is 0.824. The van der Waals surface area contributed by atoms with E-state index in [1.165, 1.54) is 11.1 Å². The normalized spacial score (nSPS) is 19.6. The second-order valence-corrected chi connectivity index (χ2v) is 2.08. The van der Waals surface area contributed by atoms with Gasteiger partial charge in [0.2, 0.25) is 0 Å². The zero-order valence-electron chi connectivity index (χ0n) is 4.96. The van der Waals surface area contributed by atoms with Crippen LogP contribution in [-0.4, -0.2) is 0 Å². The average molecular weight is 114 g/mol. The lowest BCUT2D eigenvalue weighted by molar-refractivity contribution is 1.58. The Balaban J connectivity index is 2.61. The number of hydrogen-bond donors (Lipinski definition) is 0. The number of allylic oxidation sites excluding steroid dienone is 7. The van der Waals surface area contributed by atoms with Crippen LogP contribution in [0.25, 0.3) is 0 Å². The maximum Gasteiger partial charge on any atom is -0.0107 e. The van der Waals surface area contributed by atoms with E-state index < -0.39 is 0 Å². The minimum absolute atomic E-state index is 1.28. The molecule has 0 aromatic rings. The summed E-state index contributed by atoms with van der Waals surface area (Å²) in [5, 5.41) is 0. The Hall–Kier alpha value is -1.26. The Morgan fingerprint density at radius 3 is 3.00 bits per heavy atom. The van der Waals surface area contributed by atoms with Crippen molar-refractivity contribution in [2.24, 2.45) is 0 Å². The van der Waals surface area contributed by atoms with Crippen LogP contribution in [0, 0.1) is 0 Å². The Labute approximate surface area is 54.2 Å². The molecule has 0 heterocycles. The van der Waals surface area contributed by atoms with E-state index in [0.717, 1.165) is 0 Å². The van der Waals surface area contributed by atoms with Gasteiger partial charge in [0.25, 0.3) is 0 Å². The summed E-state index contributed by atoms with van der Waals surface area (Å²) in [6.45, 7) is 0.